The van der Waals surface area contributed by atoms with Gasteiger partial charge in [-0.25, -0.2) is 4.68 Å². The number of nitrogens with zero attached hydrogens (tertiary/aromatic N) is 2. The molecule has 3 rings (SSSR count). The molecule has 0 aliphatic rings. The van der Waals surface area contributed by atoms with E-state index in [0.29, 0.717) is 5.82 Å². The quantitative estimate of drug-likeness (QED) is 0.784. The second-order valence-electron chi connectivity index (χ2n) is 4.52. The van der Waals surface area contributed by atoms with Crippen molar-refractivity contribution in [1.29, 1.82) is 0 Å². The number of anilines is 1. The Bertz CT molecular complexity index is 783. The standard InChI is InChI=1S/C16H14BrN3O/c1-21-15-9-5-2-6-11(15)13-10-16(18)20(19-13)14-8-4-3-7-12(14)17/h2-10H,18H2,1H3. The SMILES string of the molecule is COc1ccccc1-c1cc(N)n(-c2ccccc2Br)n1. The molecular formula is C16H14BrN3O. The lowest BCUT2D eigenvalue weighted by Crippen LogP contribution is -2.02. The minimum absolute atomic E-state index is 0.572. The number of ether oxygens (including phenoxy) is 1. The van der Waals surface area contributed by atoms with E-state index in [9.17, 15) is 0 Å². The summed E-state index contributed by atoms with van der Waals surface area (Å²) in [5.41, 5.74) is 8.70. The third-order valence-electron chi connectivity index (χ3n) is 3.20. The van der Waals surface area contributed by atoms with E-state index in [2.05, 4.69) is 21.0 Å². The molecule has 0 aliphatic heterocycles. The third kappa shape index (κ3) is 2.52. The van der Waals surface area contributed by atoms with Crippen LogP contribution >= 0.6 is 15.9 Å². The normalized spacial score (nSPS) is 10.6. The molecule has 0 radical (unpaired) electrons. The summed E-state index contributed by atoms with van der Waals surface area (Å²) in [6, 6.07) is 17.4. The lowest BCUT2D eigenvalue weighted by atomic mass is 10.1. The Balaban J connectivity index is 2.12. The first-order valence-electron chi connectivity index (χ1n) is 6.44. The predicted molar refractivity (Wildman–Crippen MR) is 87.7 cm³/mol. The van der Waals surface area contributed by atoms with Crippen molar-refractivity contribution < 1.29 is 4.74 Å². The van der Waals surface area contributed by atoms with Crippen molar-refractivity contribution in [3.05, 3.63) is 59.1 Å². The zero-order valence-electron chi connectivity index (χ0n) is 11.5. The second kappa shape index (κ2) is 5.61. The number of nitrogen functional groups attached to an aromatic ring is 1. The van der Waals surface area contributed by atoms with Gasteiger partial charge in [0.25, 0.3) is 0 Å². The summed E-state index contributed by atoms with van der Waals surface area (Å²) in [6.45, 7) is 0. The van der Waals surface area contributed by atoms with E-state index in [-0.39, 0.29) is 0 Å². The maximum Gasteiger partial charge on any atom is 0.128 e. The van der Waals surface area contributed by atoms with Gasteiger partial charge in [-0.1, -0.05) is 24.3 Å². The smallest absolute Gasteiger partial charge is 0.128 e. The average molecular weight is 344 g/mol. The number of para-hydroxylation sites is 2. The number of nitrogens with two attached hydrogens (primary N) is 1. The van der Waals surface area contributed by atoms with Gasteiger partial charge >= 0.3 is 0 Å². The largest absolute Gasteiger partial charge is 0.496 e. The molecular weight excluding hydrogens is 330 g/mol. The van der Waals surface area contributed by atoms with Gasteiger partial charge in [0.1, 0.15) is 11.6 Å². The summed E-state index contributed by atoms with van der Waals surface area (Å²) >= 11 is 3.52. The van der Waals surface area contributed by atoms with E-state index in [0.717, 1.165) is 27.2 Å². The number of hydrogen-bond acceptors (Lipinski definition) is 3. The van der Waals surface area contributed by atoms with E-state index in [1.807, 2.05) is 54.6 Å². The first kappa shape index (κ1) is 13.7. The minimum atomic E-state index is 0.572. The molecule has 1 aromatic heterocycles. The van der Waals surface area contributed by atoms with Gasteiger partial charge in [-0.15, -0.1) is 0 Å². The summed E-state index contributed by atoms with van der Waals surface area (Å²) in [6.07, 6.45) is 0. The summed E-state index contributed by atoms with van der Waals surface area (Å²) in [7, 11) is 1.65. The van der Waals surface area contributed by atoms with Crippen LogP contribution < -0.4 is 10.5 Å². The topological polar surface area (TPSA) is 53.1 Å². The molecule has 5 heteroatoms. The van der Waals surface area contributed by atoms with Gasteiger partial charge in [0.05, 0.1) is 18.5 Å². The molecule has 0 fully saturated rings. The van der Waals surface area contributed by atoms with Crippen LogP contribution in [0.5, 0.6) is 5.75 Å². The monoisotopic (exact) mass is 343 g/mol. The molecule has 0 spiro atoms. The zero-order valence-corrected chi connectivity index (χ0v) is 13.0. The fourth-order valence-electron chi connectivity index (χ4n) is 2.20. The van der Waals surface area contributed by atoms with Gasteiger partial charge in [-0.05, 0) is 40.2 Å². The molecule has 2 N–H and O–H groups in total. The van der Waals surface area contributed by atoms with Crippen molar-refractivity contribution in [3.8, 4) is 22.7 Å². The van der Waals surface area contributed by atoms with E-state index in [1.165, 1.54) is 0 Å². The number of rotatable bonds is 3. The first-order chi connectivity index (χ1) is 10.2. The van der Waals surface area contributed by atoms with Gasteiger partial charge in [-0.3, -0.25) is 0 Å². The lowest BCUT2D eigenvalue weighted by molar-refractivity contribution is 0.416. The molecule has 3 aromatic rings. The fourth-order valence-corrected chi connectivity index (χ4v) is 2.65. The van der Waals surface area contributed by atoms with Crippen LogP contribution in [0.1, 0.15) is 0 Å². The Labute approximate surface area is 131 Å². The molecule has 0 atom stereocenters. The highest BCUT2D eigenvalue weighted by Gasteiger charge is 2.13. The van der Waals surface area contributed by atoms with E-state index >= 15 is 0 Å². The Kier molecular flexibility index (Phi) is 3.66. The summed E-state index contributed by atoms with van der Waals surface area (Å²) < 4.78 is 8.03. The van der Waals surface area contributed by atoms with E-state index in [4.69, 9.17) is 10.5 Å². The molecule has 0 saturated carbocycles. The van der Waals surface area contributed by atoms with Crippen molar-refractivity contribution in [1.82, 2.24) is 9.78 Å². The number of hydrogen-bond donors (Lipinski definition) is 1. The number of aromatic nitrogens is 2. The van der Waals surface area contributed by atoms with Gasteiger partial charge in [-0.2, -0.15) is 5.10 Å². The summed E-state index contributed by atoms with van der Waals surface area (Å²) in [4.78, 5) is 0. The molecule has 106 valence electrons. The predicted octanol–water partition coefficient (Wildman–Crippen LogP) is 3.89. The molecule has 21 heavy (non-hydrogen) atoms. The highest BCUT2D eigenvalue weighted by molar-refractivity contribution is 9.10. The van der Waals surface area contributed by atoms with Crippen molar-refractivity contribution in [2.75, 3.05) is 12.8 Å². The number of benzene rings is 2. The zero-order chi connectivity index (χ0) is 14.8. The molecule has 4 nitrogen and oxygen atoms in total. The van der Waals surface area contributed by atoms with Crippen LogP contribution in [0.4, 0.5) is 5.82 Å². The number of methoxy groups -OCH3 is 1. The molecule has 0 bridgehead atoms. The lowest BCUT2D eigenvalue weighted by Gasteiger charge is -2.06. The Morgan fingerprint density at radius 2 is 1.81 bits per heavy atom. The Hall–Kier alpha value is -2.27. The summed E-state index contributed by atoms with van der Waals surface area (Å²) in [5, 5.41) is 4.60. The average Bonchev–Trinajstić information content (AvgIpc) is 2.89. The van der Waals surface area contributed by atoms with E-state index in [1.54, 1.807) is 11.8 Å². The van der Waals surface area contributed by atoms with Crippen molar-refractivity contribution in [3.63, 3.8) is 0 Å². The first-order valence-corrected chi connectivity index (χ1v) is 7.24. The molecule has 0 aliphatic carbocycles. The molecule has 2 aromatic carbocycles. The van der Waals surface area contributed by atoms with Crippen molar-refractivity contribution in [2.45, 2.75) is 0 Å². The van der Waals surface area contributed by atoms with Crippen LogP contribution in [0.15, 0.2) is 59.1 Å². The van der Waals surface area contributed by atoms with Crippen LogP contribution in [0.25, 0.3) is 16.9 Å². The Morgan fingerprint density at radius 1 is 1.10 bits per heavy atom. The van der Waals surface area contributed by atoms with Crippen molar-refractivity contribution in [2.24, 2.45) is 0 Å². The van der Waals surface area contributed by atoms with Crippen LogP contribution in [0, 0.1) is 0 Å². The van der Waals surface area contributed by atoms with Crippen LogP contribution in [0.2, 0.25) is 0 Å². The van der Waals surface area contributed by atoms with Gasteiger partial charge in [0.2, 0.25) is 0 Å². The van der Waals surface area contributed by atoms with Crippen molar-refractivity contribution >= 4 is 21.7 Å². The van der Waals surface area contributed by atoms with Gasteiger partial charge < -0.3 is 10.5 Å². The minimum Gasteiger partial charge on any atom is -0.496 e. The van der Waals surface area contributed by atoms with Crippen LogP contribution in [-0.4, -0.2) is 16.9 Å². The highest BCUT2D eigenvalue weighted by Crippen LogP contribution is 2.31. The van der Waals surface area contributed by atoms with Crippen LogP contribution in [-0.2, 0) is 0 Å². The second-order valence-corrected chi connectivity index (χ2v) is 5.37. The molecule has 0 saturated heterocycles. The van der Waals surface area contributed by atoms with Crippen LogP contribution in [0.3, 0.4) is 0 Å². The van der Waals surface area contributed by atoms with E-state index < -0.39 is 0 Å². The Morgan fingerprint density at radius 3 is 2.57 bits per heavy atom. The maximum atomic E-state index is 6.11. The highest BCUT2D eigenvalue weighted by atomic mass is 79.9. The molecule has 0 unspecified atom stereocenters. The fraction of sp³-hybridized carbons (Fsp3) is 0.0625. The molecule has 0 amide bonds. The molecule has 1 heterocycles. The third-order valence-corrected chi connectivity index (χ3v) is 3.87. The number of halogens is 1. The van der Waals surface area contributed by atoms with Gasteiger partial charge in [0, 0.05) is 16.1 Å². The summed E-state index contributed by atoms with van der Waals surface area (Å²) in [5.74, 6) is 1.34. The van der Waals surface area contributed by atoms with Gasteiger partial charge in [0.15, 0.2) is 0 Å². The maximum absolute atomic E-state index is 6.11.